The van der Waals surface area contributed by atoms with Crippen molar-refractivity contribution in [2.45, 2.75) is 33.4 Å². The maximum absolute atomic E-state index is 5.99. The van der Waals surface area contributed by atoms with Crippen molar-refractivity contribution in [3.63, 3.8) is 0 Å². The number of hydrogen-bond donors (Lipinski definition) is 1. The smallest absolute Gasteiger partial charge is 0.118 e. The fourth-order valence-corrected chi connectivity index (χ4v) is 2.41. The van der Waals surface area contributed by atoms with Crippen LogP contribution in [0.15, 0.2) is 59.2 Å². The number of thioether (sulfide) groups is 1. The molecule has 0 spiro atoms. The zero-order chi connectivity index (χ0) is 16.1. The Morgan fingerprint density at radius 2 is 1.81 bits per heavy atom. The van der Waals surface area contributed by atoms with Crippen molar-refractivity contribution >= 4 is 11.8 Å². The first-order chi connectivity index (χ1) is 10.2. The first kappa shape index (κ1) is 19.4. The van der Waals surface area contributed by atoms with E-state index in [0.717, 1.165) is 22.1 Å². The zero-order valence-corrected chi connectivity index (χ0v) is 14.5. The summed E-state index contributed by atoms with van der Waals surface area (Å²) < 4.78 is 5.15. The zero-order valence-electron chi connectivity index (χ0n) is 13.7. The van der Waals surface area contributed by atoms with Gasteiger partial charge in [-0.1, -0.05) is 44.2 Å². The summed E-state index contributed by atoms with van der Waals surface area (Å²) in [4.78, 5) is 1.09. The Kier molecular flexibility index (Phi) is 11.2. The number of nitrogens with two attached hydrogens (primary N) is 1. The molecule has 1 aromatic carbocycles. The molecule has 1 rings (SSSR count). The molecular weight excluding hydrogens is 278 g/mol. The molecule has 2 nitrogen and oxygen atoms in total. The highest BCUT2D eigenvalue weighted by molar-refractivity contribution is 8.02. The largest absolute Gasteiger partial charge is 0.497 e. The van der Waals surface area contributed by atoms with Crippen LogP contribution in [-0.4, -0.2) is 7.11 Å². The molecule has 0 aromatic heterocycles. The summed E-state index contributed by atoms with van der Waals surface area (Å²) in [6.07, 6.45) is 7.98. The minimum atomic E-state index is 0.816. The van der Waals surface area contributed by atoms with Crippen LogP contribution >= 0.6 is 11.8 Å². The fraction of sp³-hybridized carbons (Fsp3) is 0.333. The van der Waals surface area contributed by atoms with Crippen molar-refractivity contribution in [1.82, 2.24) is 0 Å². The third-order valence-corrected chi connectivity index (χ3v) is 3.75. The van der Waals surface area contributed by atoms with E-state index in [4.69, 9.17) is 10.5 Å². The van der Waals surface area contributed by atoms with E-state index in [9.17, 15) is 0 Å². The summed E-state index contributed by atoms with van der Waals surface area (Å²) in [7, 11) is 1.68. The molecule has 3 heteroatoms. The van der Waals surface area contributed by atoms with Gasteiger partial charge in [0, 0.05) is 16.4 Å². The normalized spacial score (nSPS) is 12.0. The van der Waals surface area contributed by atoms with E-state index in [0.29, 0.717) is 0 Å². The van der Waals surface area contributed by atoms with Gasteiger partial charge < -0.3 is 10.5 Å². The van der Waals surface area contributed by atoms with Crippen molar-refractivity contribution in [2.24, 2.45) is 5.73 Å². The fourth-order valence-electron chi connectivity index (χ4n) is 1.44. The second-order valence-corrected chi connectivity index (χ2v) is 4.95. The van der Waals surface area contributed by atoms with Crippen molar-refractivity contribution in [2.75, 3.05) is 7.11 Å². The van der Waals surface area contributed by atoms with Crippen LogP contribution in [0.3, 0.4) is 0 Å². The monoisotopic (exact) mass is 305 g/mol. The molecule has 2 N–H and O–H groups in total. The van der Waals surface area contributed by atoms with E-state index in [-0.39, 0.29) is 0 Å². The minimum absolute atomic E-state index is 0.816. The van der Waals surface area contributed by atoms with Gasteiger partial charge >= 0.3 is 0 Å². The first-order valence-electron chi connectivity index (χ1n) is 7.22. The minimum Gasteiger partial charge on any atom is -0.497 e. The van der Waals surface area contributed by atoms with Crippen LogP contribution in [0, 0.1) is 0 Å². The third-order valence-electron chi connectivity index (χ3n) is 2.59. The molecule has 0 aliphatic carbocycles. The molecule has 0 aliphatic heterocycles. The lowest BCUT2D eigenvalue weighted by Crippen LogP contribution is -1.98. The quantitative estimate of drug-likeness (QED) is 0.726. The van der Waals surface area contributed by atoms with Gasteiger partial charge in [0.05, 0.1) is 7.11 Å². The highest BCUT2D eigenvalue weighted by atomic mass is 32.2. The summed E-state index contributed by atoms with van der Waals surface area (Å²) in [5, 5.41) is 0. The second kappa shape index (κ2) is 12.2. The van der Waals surface area contributed by atoms with Crippen LogP contribution in [-0.2, 0) is 5.75 Å². The van der Waals surface area contributed by atoms with Crippen LogP contribution in [0.4, 0.5) is 0 Å². The molecule has 0 saturated heterocycles. The van der Waals surface area contributed by atoms with Gasteiger partial charge in [0.25, 0.3) is 0 Å². The summed E-state index contributed by atoms with van der Waals surface area (Å²) in [6, 6.07) is 8.10. The van der Waals surface area contributed by atoms with E-state index in [1.807, 2.05) is 64.1 Å². The number of rotatable bonds is 6. The SMILES string of the molecule is CC.C\C=C/C=C(SCc1ccc(OC)cc1)\C(N)=C/C. The van der Waals surface area contributed by atoms with Crippen molar-refractivity contribution < 1.29 is 4.74 Å². The van der Waals surface area contributed by atoms with Gasteiger partial charge in [-0.25, -0.2) is 0 Å². The highest BCUT2D eigenvalue weighted by Crippen LogP contribution is 2.26. The van der Waals surface area contributed by atoms with Crippen LogP contribution < -0.4 is 10.5 Å². The lowest BCUT2D eigenvalue weighted by Gasteiger charge is -2.07. The molecule has 21 heavy (non-hydrogen) atoms. The van der Waals surface area contributed by atoms with Crippen molar-refractivity contribution in [1.29, 1.82) is 0 Å². The molecule has 116 valence electrons. The molecule has 0 atom stereocenters. The Labute approximate surface area is 133 Å². The maximum Gasteiger partial charge on any atom is 0.118 e. The van der Waals surface area contributed by atoms with Crippen LogP contribution in [0.25, 0.3) is 0 Å². The number of ether oxygens (including phenoxy) is 1. The summed E-state index contributed by atoms with van der Waals surface area (Å²) in [5.74, 6) is 1.77. The Bertz CT molecular complexity index is 472. The highest BCUT2D eigenvalue weighted by Gasteiger charge is 2.02. The molecule has 0 saturated carbocycles. The third kappa shape index (κ3) is 7.66. The topological polar surface area (TPSA) is 35.2 Å². The molecule has 0 radical (unpaired) electrons. The average Bonchev–Trinajstić information content (AvgIpc) is 2.56. The van der Waals surface area contributed by atoms with Gasteiger partial charge in [-0.2, -0.15) is 0 Å². The molecule has 0 amide bonds. The Morgan fingerprint density at radius 1 is 1.19 bits per heavy atom. The standard InChI is InChI=1S/C16H21NOS.C2H6/c1-4-6-7-16(15(17)5-2)19-12-13-8-10-14(18-3)11-9-13;1-2/h4-11H,12,17H2,1-3H3;1-2H3/b6-4-,15-5+,16-7+;. The van der Waals surface area contributed by atoms with Gasteiger partial charge in [0.15, 0.2) is 0 Å². The predicted octanol–water partition coefficient (Wildman–Crippen LogP) is 5.28. The average molecular weight is 305 g/mol. The van der Waals surface area contributed by atoms with E-state index in [1.165, 1.54) is 5.56 Å². The maximum atomic E-state index is 5.99. The molecule has 0 fully saturated rings. The molecule has 0 aliphatic rings. The number of hydrogen-bond acceptors (Lipinski definition) is 3. The molecular formula is C18H27NOS. The van der Waals surface area contributed by atoms with Gasteiger partial charge in [0.2, 0.25) is 0 Å². The van der Waals surface area contributed by atoms with E-state index < -0.39 is 0 Å². The van der Waals surface area contributed by atoms with Gasteiger partial charge in [-0.05, 0) is 37.6 Å². The summed E-state index contributed by atoms with van der Waals surface area (Å²) >= 11 is 1.74. The van der Waals surface area contributed by atoms with Crippen LogP contribution in [0.5, 0.6) is 5.75 Å². The predicted molar refractivity (Wildman–Crippen MR) is 96.5 cm³/mol. The van der Waals surface area contributed by atoms with Gasteiger partial charge in [-0.15, -0.1) is 11.8 Å². The summed E-state index contributed by atoms with van der Waals surface area (Å²) in [5.41, 5.74) is 8.05. The number of benzene rings is 1. The van der Waals surface area contributed by atoms with E-state index in [2.05, 4.69) is 12.1 Å². The molecule has 0 unspecified atom stereocenters. The van der Waals surface area contributed by atoms with E-state index >= 15 is 0 Å². The summed E-state index contributed by atoms with van der Waals surface area (Å²) in [6.45, 7) is 7.95. The Morgan fingerprint density at radius 3 is 2.29 bits per heavy atom. The lowest BCUT2D eigenvalue weighted by molar-refractivity contribution is 0.414. The van der Waals surface area contributed by atoms with E-state index in [1.54, 1.807) is 18.9 Å². The molecule has 1 aromatic rings. The Hall–Kier alpha value is -1.61. The van der Waals surface area contributed by atoms with Gasteiger partial charge in [-0.3, -0.25) is 0 Å². The van der Waals surface area contributed by atoms with Gasteiger partial charge in [0.1, 0.15) is 5.75 Å². The van der Waals surface area contributed by atoms with Crippen molar-refractivity contribution in [3.05, 3.63) is 64.7 Å². The number of methoxy groups -OCH3 is 1. The van der Waals surface area contributed by atoms with Crippen LogP contribution in [0.2, 0.25) is 0 Å². The first-order valence-corrected chi connectivity index (χ1v) is 8.20. The second-order valence-electron chi connectivity index (χ2n) is 3.94. The number of allylic oxidation sites excluding steroid dienone is 4. The van der Waals surface area contributed by atoms with Crippen LogP contribution in [0.1, 0.15) is 33.3 Å². The van der Waals surface area contributed by atoms with Crippen molar-refractivity contribution in [3.8, 4) is 5.75 Å². The Balaban J connectivity index is 0.00000191. The molecule has 0 heterocycles. The molecule has 0 bridgehead atoms. The lowest BCUT2D eigenvalue weighted by atomic mass is 10.2.